The summed E-state index contributed by atoms with van der Waals surface area (Å²) in [6.45, 7) is 4.12. The summed E-state index contributed by atoms with van der Waals surface area (Å²) in [5.74, 6) is 0.927. The molecule has 0 aliphatic heterocycles. The van der Waals surface area contributed by atoms with Crippen molar-refractivity contribution < 1.29 is 38.9 Å². The Morgan fingerprint density at radius 2 is 1.15 bits per heavy atom. The molecule has 0 unspecified atom stereocenters. The van der Waals surface area contributed by atoms with Crippen LogP contribution in [0, 0.1) is 7.14 Å². The molecule has 4 nitrogen and oxygen atoms in total. The van der Waals surface area contributed by atoms with Crippen LogP contribution in [0.5, 0.6) is 5.75 Å². The van der Waals surface area contributed by atoms with Crippen LogP contribution in [0.4, 0.5) is 0 Å². The average molecular weight is 586 g/mol. The third kappa shape index (κ3) is 7.16. The molecule has 0 saturated carbocycles. The van der Waals surface area contributed by atoms with Crippen LogP contribution in [0.15, 0.2) is 114 Å². The minimum Gasteiger partial charge on any atom is -0.744 e. The van der Waals surface area contributed by atoms with Crippen molar-refractivity contribution in [3.63, 3.8) is 0 Å². The SMILES string of the molecule is CC(C)(c1ccccc1)c1ccc(S(=O)(=O)[O-])cc1.COc1ccc([I+]c2ccccc2)cc1. The highest BCUT2D eigenvalue weighted by Crippen LogP contribution is 2.31. The number of ether oxygens (including phenoxy) is 1. The highest BCUT2D eigenvalue weighted by atomic mass is 127. The van der Waals surface area contributed by atoms with E-state index in [-0.39, 0.29) is 31.5 Å². The topological polar surface area (TPSA) is 66.4 Å². The summed E-state index contributed by atoms with van der Waals surface area (Å²) < 4.78 is 40.7. The first-order chi connectivity index (χ1) is 16.2. The average Bonchev–Trinajstić information content (AvgIpc) is 2.86. The first-order valence-corrected chi connectivity index (χ1v) is 14.2. The lowest BCUT2D eigenvalue weighted by Crippen LogP contribution is -3.61. The molecule has 0 aromatic heterocycles. The van der Waals surface area contributed by atoms with Gasteiger partial charge in [-0.15, -0.1) is 0 Å². The molecule has 0 fully saturated rings. The van der Waals surface area contributed by atoms with E-state index in [2.05, 4.69) is 56.3 Å². The molecule has 0 radical (unpaired) electrons. The zero-order valence-corrected chi connectivity index (χ0v) is 22.3. The van der Waals surface area contributed by atoms with Gasteiger partial charge in [0.1, 0.15) is 15.9 Å². The van der Waals surface area contributed by atoms with Crippen molar-refractivity contribution in [1.29, 1.82) is 0 Å². The van der Waals surface area contributed by atoms with Gasteiger partial charge in [0.25, 0.3) is 0 Å². The van der Waals surface area contributed by atoms with Crippen LogP contribution in [-0.2, 0) is 15.5 Å². The summed E-state index contributed by atoms with van der Waals surface area (Å²) >= 11 is -0.0449. The number of hydrogen-bond donors (Lipinski definition) is 0. The zero-order valence-electron chi connectivity index (χ0n) is 19.3. The molecule has 4 aromatic carbocycles. The maximum atomic E-state index is 10.9. The van der Waals surface area contributed by atoms with Crippen molar-refractivity contribution in [2.75, 3.05) is 7.11 Å². The fourth-order valence-corrected chi connectivity index (χ4v) is 5.98. The highest BCUT2D eigenvalue weighted by Gasteiger charge is 2.22. The van der Waals surface area contributed by atoms with Gasteiger partial charge in [-0.25, -0.2) is 8.42 Å². The quantitative estimate of drug-likeness (QED) is 0.258. The third-order valence-corrected chi connectivity index (χ3v) is 8.89. The maximum absolute atomic E-state index is 10.9. The van der Waals surface area contributed by atoms with Crippen molar-refractivity contribution in [2.45, 2.75) is 24.2 Å². The van der Waals surface area contributed by atoms with Crippen LogP contribution in [0.2, 0.25) is 0 Å². The summed E-state index contributed by atoms with van der Waals surface area (Å²) in [5, 5.41) is 0. The lowest BCUT2D eigenvalue weighted by molar-refractivity contribution is -0.597. The number of halogens is 1. The Hall–Kier alpha value is -2.68. The Labute approximate surface area is 212 Å². The van der Waals surface area contributed by atoms with E-state index in [0.717, 1.165) is 16.9 Å². The molecule has 34 heavy (non-hydrogen) atoms. The molecule has 0 N–H and O–H groups in total. The number of benzene rings is 4. The van der Waals surface area contributed by atoms with Gasteiger partial charge in [0, 0.05) is 5.41 Å². The molecule has 4 aromatic rings. The van der Waals surface area contributed by atoms with Gasteiger partial charge in [-0.2, -0.15) is 0 Å². The molecule has 0 aliphatic carbocycles. The molecular weight excluding hydrogens is 559 g/mol. The van der Waals surface area contributed by atoms with E-state index in [0.29, 0.717) is 0 Å². The fourth-order valence-electron chi connectivity index (χ4n) is 3.30. The van der Waals surface area contributed by atoms with Crippen LogP contribution in [0.3, 0.4) is 0 Å². The number of methoxy groups -OCH3 is 1. The standard InChI is InChI=1S/C15H16O3S.C13H12IO/c1-15(2,12-6-4-3-5-7-12)13-8-10-14(11-9-13)19(16,17)18;1-15-13-9-7-12(8-10-13)14-11-5-3-2-4-6-11/h3-11H,1-2H3,(H,16,17,18);2-10H,1H3/q;+1/p-1. The van der Waals surface area contributed by atoms with Gasteiger partial charge in [-0.3, -0.25) is 0 Å². The molecule has 0 aliphatic rings. The van der Waals surface area contributed by atoms with Gasteiger partial charge in [0.15, 0.2) is 7.14 Å². The second-order valence-electron chi connectivity index (χ2n) is 8.02. The summed E-state index contributed by atoms with van der Waals surface area (Å²) in [6, 6.07) is 35.0. The van der Waals surface area contributed by atoms with E-state index in [1.165, 1.54) is 19.3 Å². The van der Waals surface area contributed by atoms with Gasteiger partial charge in [-0.05, 0) is 59.7 Å². The Morgan fingerprint density at radius 3 is 1.65 bits per heavy atom. The monoisotopic (exact) mass is 586 g/mol. The lowest BCUT2D eigenvalue weighted by atomic mass is 9.78. The van der Waals surface area contributed by atoms with Crippen molar-refractivity contribution in [3.8, 4) is 5.75 Å². The molecule has 6 heteroatoms. The molecule has 4 rings (SSSR count). The van der Waals surface area contributed by atoms with E-state index in [1.54, 1.807) is 19.2 Å². The molecule has 0 spiro atoms. The molecule has 0 atom stereocenters. The van der Waals surface area contributed by atoms with Crippen molar-refractivity contribution in [3.05, 3.63) is 127 Å². The molecule has 0 heterocycles. The molecule has 0 saturated heterocycles. The van der Waals surface area contributed by atoms with Crippen LogP contribution in [0.1, 0.15) is 25.0 Å². The summed E-state index contributed by atoms with van der Waals surface area (Å²) in [5.41, 5.74) is 1.85. The summed E-state index contributed by atoms with van der Waals surface area (Å²) in [7, 11) is -2.68. The summed E-state index contributed by atoms with van der Waals surface area (Å²) in [4.78, 5) is -0.194. The van der Waals surface area contributed by atoms with E-state index < -0.39 is 10.1 Å². The Kier molecular flexibility index (Phi) is 8.88. The minimum atomic E-state index is -4.38. The van der Waals surface area contributed by atoms with E-state index in [1.807, 2.05) is 42.5 Å². The smallest absolute Gasteiger partial charge is 0.357 e. The predicted octanol–water partition coefficient (Wildman–Crippen LogP) is 2.74. The van der Waals surface area contributed by atoms with Crippen LogP contribution in [0.25, 0.3) is 0 Å². The van der Waals surface area contributed by atoms with E-state index in [9.17, 15) is 13.0 Å². The van der Waals surface area contributed by atoms with Gasteiger partial charge in [0.2, 0.25) is 0 Å². The largest absolute Gasteiger partial charge is 0.744 e. The van der Waals surface area contributed by atoms with Crippen LogP contribution >= 0.6 is 0 Å². The van der Waals surface area contributed by atoms with E-state index in [4.69, 9.17) is 4.74 Å². The molecular formula is C28H27IO4S. The second kappa shape index (κ2) is 11.6. The minimum absolute atomic E-state index is 0.0449. The van der Waals surface area contributed by atoms with E-state index >= 15 is 0 Å². The van der Waals surface area contributed by atoms with Crippen molar-refractivity contribution in [2.24, 2.45) is 0 Å². The first-order valence-electron chi connectivity index (χ1n) is 10.7. The van der Waals surface area contributed by atoms with Gasteiger partial charge in [-0.1, -0.05) is 74.5 Å². The molecule has 0 amide bonds. The fraction of sp³-hybridized carbons (Fsp3) is 0.143. The normalized spacial score (nSPS) is 11.3. The molecule has 176 valence electrons. The van der Waals surface area contributed by atoms with Gasteiger partial charge < -0.3 is 9.29 Å². The predicted molar refractivity (Wildman–Crippen MR) is 130 cm³/mol. The van der Waals surface area contributed by atoms with Crippen molar-refractivity contribution >= 4 is 10.1 Å². The maximum Gasteiger partial charge on any atom is 0.357 e. The third-order valence-electron chi connectivity index (χ3n) is 5.36. The lowest BCUT2D eigenvalue weighted by Gasteiger charge is -2.26. The van der Waals surface area contributed by atoms with Gasteiger partial charge >= 0.3 is 21.2 Å². The van der Waals surface area contributed by atoms with Crippen LogP contribution in [-0.4, -0.2) is 20.1 Å². The molecule has 0 bridgehead atoms. The number of rotatable bonds is 6. The zero-order chi connectivity index (χ0) is 24.6. The van der Waals surface area contributed by atoms with Crippen LogP contribution < -0.4 is 25.9 Å². The van der Waals surface area contributed by atoms with Crippen molar-refractivity contribution in [1.82, 2.24) is 0 Å². The Bertz CT molecular complexity index is 1270. The summed E-state index contributed by atoms with van der Waals surface area (Å²) in [6.07, 6.45) is 0. The highest BCUT2D eigenvalue weighted by molar-refractivity contribution is 7.85. The van der Waals surface area contributed by atoms with Gasteiger partial charge in [0.05, 0.1) is 12.0 Å². The second-order valence-corrected chi connectivity index (χ2v) is 12.4. The Balaban J connectivity index is 0.000000196. The Morgan fingerprint density at radius 1 is 0.676 bits per heavy atom. The number of hydrogen-bond acceptors (Lipinski definition) is 4. The first kappa shape index (κ1) is 25.9.